The van der Waals surface area contributed by atoms with E-state index in [1.165, 1.54) is 20.3 Å². The molecule has 7 nitrogen and oxygen atoms in total. The predicted octanol–water partition coefficient (Wildman–Crippen LogP) is 0.527. The summed E-state index contributed by atoms with van der Waals surface area (Å²) in [6, 6.07) is 3.11. The van der Waals surface area contributed by atoms with Crippen molar-refractivity contribution in [3.63, 3.8) is 0 Å². The molecule has 0 aliphatic rings. The number of ether oxygens (including phenoxy) is 3. The molecule has 0 fully saturated rings. The van der Waals surface area contributed by atoms with Crippen molar-refractivity contribution in [2.45, 2.75) is 11.8 Å². The molecule has 0 aliphatic heterocycles. The highest BCUT2D eigenvalue weighted by molar-refractivity contribution is 7.89. The monoisotopic (exact) mass is 332 g/mol. The molecule has 0 saturated carbocycles. The van der Waals surface area contributed by atoms with Crippen LogP contribution in [0.1, 0.15) is 5.56 Å². The van der Waals surface area contributed by atoms with E-state index in [2.05, 4.69) is 10.0 Å². The highest BCUT2D eigenvalue weighted by Crippen LogP contribution is 2.32. The summed E-state index contributed by atoms with van der Waals surface area (Å²) >= 11 is 0. The third-order valence-corrected chi connectivity index (χ3v) is 4.65. The molecule has 0 spiro atoms. The Bertz CT molecular complexity index is 575. The number of methoxy groups -OCH3 is 3. The molecule has 0 radical (unpaired) electrons. The van der Waals surface area contributed by atoms with Crippen LogP contribution in [0.4, 0.5) is 0 Å². The van der Waals surface area contributed by atoms with Crippen LogP contribution >= 0.6 is 0 Å². The topological polar surface area (TPSA) is 85.9 Å². The Hall–Kier alpha value is -1.35. The fourth-order valence-corrected chi connectivity index (χ4v) is 3.17. The van der Waals surface area contributed by atoms with Gasteiger partial charge >= 0.3 is 0 Å². The van der Waals surface area contributed by atoms with Crippen LogP contribution in [-0.4, -0.2) is 56.0 Å². The van der Waals surface area contributed by atoms with Gasteiger partial charge in [0.25, 0.3) is 0 Å². The molecule has 0 amide bonds. The van der Waals surface area contributed by atoms with E-state index >= 15 is 0 Å². The number of hydrogen-bond donors (Lipinski definition) is 2. The van der Waals surface area contributed by atoms with Gasteiger partial charge in [0.15, 0.2) is 11.5 Å². The average molecular weight is 332 g/mol. The van der Waals surface area contributed by atoms with Crippen LogP contribution in [0.3, 0.4) is 0 Å². The first kappa shape index (κ1) is 18.7. The lowest BCUT2D eigenvalue weighted by atomic mass is 10.2. The lowest BCUT2D eigenvalue weighted by Gasteiger charge is -2.14. The van der Waals surface area contributed by atoms with Gasteiger partial charge < -0.3 is 19.5 Å². The normalized spacial score (nSPS) is 11.5. The summed E-state index contributed by atoms with van der Waals surface area (Å²) in [5.41, 5.74) is 0.595. The molecular formula is C14H24N2O5S. The first-order chi connectivity index (χ1) is 10.5. The second-order valence-electron chi connectivity index (χ2n) is 4.61. The summed E-state index contributed by atoms with van der Waals surface area (Å²) in [7, 11) is 0.996. The Labute approximate surface area is 132 Å². The van der Waals surface area contributed by atoms with Gasteiger partial charge in [0.2, 0.25) is 10.0 Å². The van der Waals surface area contributed by atoms with E-state index in [4.69, 9.17) is 14.2 Å². The van der Waals surface area contributed by atoms with Crippen molar-refractivity contribution in [3.8, 4) is 11.5 Å². The van der Waals surface area contributed by atoms with Crippen molar-refractivity contribution in [2.75, 3.05) is 47.6 Å². The number of hydrogen-bond acceptors (Lipinski definition) is 6. The van der Waals surface area contributed by atoms with Gasteiger partial charge in [0.1, 0.15) is 0 Å². The lowest BCUT2D eigenvalue weighted by molar-refractivity contribution is 0.199. The maximum atomic E-state index is 12.3. The van der Waals surface area contributed by atoms with Crippen LogP contribution in [0.15, 0.2) is 17.0 Å². The first-order valence-corrected chi connectivity index (χ1v) is 8.36. The molecule has 0 bridgehead atoms. The molecule has 22 heavy (non-hydrogen) atoms. The highest BCUT2D eigenvalue weighted by atomic mass is 32.2. The number of sulfonamides is 1. The van der Waals surface area contributed by atoms with Gasteiger partial charge in [-0.2, -0.15) is 0 Å². The molecule has 2 N–H and O–H groups in total. The summed E-state index contributed by atoms with van der Waals surface area (Å²) in [4.78, 5) is 0.182. The van der Waals surface area contributed by atoms with Gasteiger partial charge in [-0.15, -0.1) is 0 Å². The second kappa shape index (κ2) is 8.94. The second-order valence-corrected chi connectivity index (χ2v) is 6.35. The van der Waals surface area contributed by atoms with E-state index in [1.807, 2.05) is 0 Å². The Morgan fingerprint density at radius 3 is 2.23 bits per heavy atom. The zero-order valence-electron chi connectivity index (χ0n) is 13.4. The van der Waals surface area contributed by atoms with E-state index in [0.29, 0.717) is 43.3 Å². The fourth-order valence-electron chi connectivity index (χ4n) is 1.90. The van der Waals surface area contributed by atoms with Gasteiger partial charge in [-0.1, -0.05) is 0 Å². The Morgan fingerprint density at radius 2 is 1.64 bits per heavy atom. The number of aryl methyl sites for hydroxylation is 1. The molecule has 0 aromatic heterocycles. The van der Waals surface area contributed by atoms with Gasteiger partial charge in [-0.25, -0.2) is 13.1 Å². The molecule has 126 valence electrons. The van der Waals surface area contributed by atoms with E-state index in [1.54, 1.807) is 20.1 Å². The third kappa shape index (κ3) is 5.13. The molecule has 0 atom stereocenters. The molecule has 1 aromatic carbocycles. The van der Waals surface area contributed by atoms with Crippen molar-refractivity contribution < 1.29 is 22.6 Å². The van der Waals surface area contributed by atoms with Crippen molar-refractivity contribution in [1.29, 1.82) is 0 Å². The van der Waals surface area contributed by atoms with E-state index in [9.17, 15) is 8.42 Å². The molecular weight excluding hydrogens is 308 g/mol. The first-order valence-electron chi connectivity index (χ1n) is 6.88. The standard InChI is InChI=1S/C14H24N2O5S/c1-11-9-12(20-3)13(21-4)10-14(11)22(17,18)16-6-5-15-7-8-19-2/h9-10,15-16H,5-8H2,1-4H3. The van der Waals surface area contributed by atoms with Gasteiger partial charge in [-0.05, 0) is 18.6 Å². The maximum Gasteiger partial charge on any atom is 0.241 e. The lowest BCUT2D eigenvalue weighted by Crippen LogP contribution is -2.33. The summed E-state index contributed by atoms with van der Waals surface area (Å²) in [5, 5.41) is 3.07. The molecule has 0 heterocycles. The summed E-state index contributed by atoms with van der Waals surface area (Å²) in [5.74, 6) is 0.881. The zero-order chi connectivity index (χ0) is 16.6. The van der Waals surface area contributed by atoms with E-state index < -0.39 is 10.0 Å². The SMILES string of the molecule is COCCNCCNS(=O)(=O)c1cc(OC)c(OC)cc1C. The van der Waals surface area contributed by atoms with Crippen LogP contribution < -0.4 is 19.5 Å². The van der Waals surface area contributed by atoms with E-state index in [0.717, 1.165) is 0 Å². The van der Waals surface area contributed by atoms with Crippen LogP contribution in [0, 0.1) is 6.92 Å². The zero-order valence-corrected chi connectivity index (χ0v) is 14.2. The smallest absolute Gasteiger partial charge is 0.241 e. The van der Waals surface area contributed by atoms with Gasteiger partial charge in [-0.3, -0.25) is 0 Å². The molecule has 0 saturated heterocycles. The number of rotatable bonds is 10. The molecule has 1 rings (SSSR count). The molecule has 8 heteroatoms. The van der Waals surface area contributed by atoms with Gasteiger partial charge in [0.05, 0.1) is 25.7 Å². The quantitative estimate of drug-likeness (QED) is 0.608. The molecule has 0 aliphatic carbocycles. The average Bonchev–Trinajstić information content (AvgIpc) is 2.50. The van der Waals surface area contributed by atoms with Crippen molar-refractivity contribution >= 4 is 10.0 Å². The van der Waals surface area contributed by atoms with Crippen molar-refractivity contribution in [1.82, 2.24) is 10.0 Å². The van der Waals surface area contributed by atoms with Crippen LogP contribution in [0.2, 0.25) is 0 Å². The third-order valence-electron chi connectivity index (χ3n) is 3.05. The Kier molecular flexibility index (Phi) is 7.60. The minimum Gasteiger partial charge on any atom is -0.493 e. The summed E-state index contributed by atoms with van der Waals surface area (Å²) < 4.78 is 42.5. The Balaban J connectivity index is 2.76. The number of nitrogens with one attached hydrogen (secondary N) is 2. The van der Waals surface area contributed by atoms with Crippen molar-refractivity contribution in [3.05, 3.63) is 17.7 Å². The van der Waals surface area contributed by atoms with E-state index in [-0.39, 0.29) is 4.90 Å². The van der Waals surface area contributed by atoms with Crippen LogP contribution in [-0.2, 0) is 14.8 Å². The summed E-state index contributed by atoms with van der Waals surface area (Å²) in [6.07, 6.45) is 0. The maximum absolute atomic E-state index is 12.3. The van der Waals surface area contributed by atoms with Crippen LogP contribution in [0.25, 0.3) is 0 Å². The predicted molar refractivity (Wildman–Crippen MR) is 84.2 cm³/mol. The number of benzene rings is 1. The molecule has 1 aromatic rings. The Morgan fingerprint density at radius 1 is 1.00 bits per heavy atom. The van der Waals surface area contributed by atoms with Crippen LogP contribution in [0.5, 0.6) is 11.5 Å². The fraction of sp³-hybridized carbons (Fsp3) is 0.571. The minimum absolute atomic E-state index is 0.182. The van der Waals surface area contributed by atoms with Crippen molar-refractivity contribution in [2.24, 2.45) is 0 Å². The highest BCUT2D eigenvalue weighted by Gasteiger charge is 2.19. The minimum atomic E-state index is -3.60. The largest absolute Gasteiger partial charge is 0.493 e. The van der Waals surface area contributed by atoms with Gasteiger partial charge in [0, 0.05) is 32.8 Å². The molecule has 0 unspecified atom stereocenters. The summed E-state index contributed by atoms with van der Waals surface area (Å²) in [6.45, 7) is 3.79.